The molecule has 0 aromatic rings. The number of rotatable bonds is 1. The molecule has 0 aromatic carbocycles. The van der Waals surface area contributed by atoms with Gasteiger partial charge in [-0.25, -0.2) is 10.9 Å². The molecule has 1 aliphatic rings. The zero-order chi connectivity index (χ0) is 5.49. The van der Waals surface area contributed by atoms with Gasteiger partial charge in [-0.1, -0.05) is 0 Å². The Hall–Kier alpha value is -0.170. The highest BCUT2D eigenvalue weighted by Crippen LogP contribution is 1.95. The van der Waals surface area contributed by atoms with Crippen molar-refractivity contribution < 1.29 is 13.0 Å². The first-order chi connectivity index (χ1) is 3.11. The minimum Gasteiger partial charge on any atom is -0.283 e. The first-order valence-corrected chi connectivity index (χ1v) is 3.08. The molecule has 0 saturated carbocycles. The summed E-state index contributed by atoms with van der Waals surface area (Å²) in [5.74, 6) is 0. The van der Waals surface area contributed by atoms with Crippen LogP contribution in [0.25, 0.3) is 0 Å². The number of hydrogen-bond acceptors (Lipinski definition) is 4. The predicted octanol–water partition coefficient (Wildman–Crippen LogP) is -1.73. The van der Waals surface area contributed by atoms with Gasteiger partial charge in [-0.2, -0.15) is 8.42 Å². The number of nitrogens with one attached hydrogen (secondary N) is 2. The highest BCUT2D eigenvalue weighted by atomic mass is 32.2. The molecule has 1 fully saturated rings. The van der Waals surface area contributed by atoms with Crippen LogP contribution >= 0.6 is 0 Å². The van der Waals surface area contributed by atoms with E-state index in [1.165, 1.54) is 0 Å². The van der Waals surface area contributed by atoms with Crippen molar-refractivity contribution in [1.29, 1.82) is 0 Å². The van der Waals surface area contributed by atoms with E-state index in [2.05, 4.69) is 10.9 Å². The smallest absolute Gasteiger partial charge is 0.283 e. The maximum absolute atomic E-state index is 9.82. The van der Waals surface area contributed by atoms with Crippen LogP contribution in [0, 0.1) is 0 Å². The molecule has 0 aliphatic carbocycles. The van der Waals surface area contributed by atoms with Gasteiger partial charge in [-0.05, 0) is 0 Å². The molecule has 1 rings (SSSR count). The van der Waals surface area contributed by atoms with Crippen LogP contribution in [0.1, 0.15) is 0 Å². The molecular weight excluding hydrogens is 120 g/mol. The fourth-order valence-corrected chi connectivity index (χ4v) is 0.549. The van der Waals surface area contributed by atoms with Crippen molar-refractivity contribution in [2.24, 2.45) is 0 Å². The predicted molar refractivity (Wildman–Crippen MR) is 21.6 cm³/mol. The highest BCUT2D eigenvalue weighted by molar-refractivity contribution is 7.86. The summed E-state index contributed by atoms with van der Waals surface area (Å²) >= 11 is 0. The molecule has 0 radical (unpaired) electrons. The molecule has 42 valence electrons. The van der Waals surface area contributed by atoms with Crippen molar-refractivity contribution in [3.05, 3.63) is 0 Å². The van der Waals surface area contributed by atoms with Gasteiger partial charge >= 0.3 is 0 Å². The van der Waals surface area contributed by atoms with Crippen LogP contribution in [0.2, 0.25) is 0 Å². The van der Waals surface area contributed by atoms with E-state index in [4.69, 9.17) is 4.55 Å². The van der Waals surface area contributed by atoms with Crippen LogP contribution in [-0.4, -0.2) is 18.5 Å². The van der Waals surface area contributed by atoms with Crippen LogP contribution in [0.3, 0.4) is 0 Å². The summed E-state index contributed by atoms with van der Waals surface area (Å²) in [5.41, 5.74) is 3.45. The number of hydrogen-bond donors (Lipinski definition) is 3. The quantitative estimate of drug-likeness (QED) is 0.285. The third-order valence-corrected chi connectivity index (χ3v) is 1.39. The summed E-state index contributed by atoms with van der Waals surface area (Å²) in [5, 5.41) is 0. The average molecular weight is 124 g/mol. The van der Waals surface area contributed by atoms with E-state index in [1.807, 2.05) is 0 Å². The Labute approximate surface area is 40.4 Å². The van der Waals surface area contributed by atoms with Crippen molar-refractivity contribution in [2.75, 3.05) is 0 Å². The lowest BCUT2D eigenvalue weighted by Gasteiger charge is -1.80. The Kier molecular flexibility index (Phi) is 0.824. The summed E-state index contributed by atoms with van der Waals surface area (Å²) in [7, 11) is -3.85. The Morgan fingerprint density at radius 3 is 1.86 bits per heavy atom. The Morgan fingerprint density at radius 1 is 1.43 bits per heavy atom. The SMILES string of the molecule is O=S(=O)(O)C1NN1. The second-order valence-electron chi connectivity index (χ2n) is 1.18. The lowest BCUT2D eigenvalue weighted by Crippen LogP contribution is -2.09. The zero-order valence-corrected chi connectivity index (χ0v) is 4.07. The summed E-state index contributed by atoms with van der Waals surface area (Å²) in [6.45, 7) is 0. The maximum Gasteiger partial charge on any atom is 0.297 e. The molecule has 0 aromatic heterocycles. The average Bonchev–Trinajstić information content (AvgIpc) is 1.99. The number of hydrazine groups is 1. The van der Waals surface area contributed by atoms with Gasteiger partial charge < -0.3 is 0 Å². The van der Waals surface area contributed by atoms with Gasteiger partial charge in [0.1, 0.15) is 0 Å². The molecule has 0 bridgehead atoms. The van der Waals surface area contributed by atoms with E-state index in [0.29, 0.717) is 0 Å². The van der Waals surface area contributed by atoms with Crippen molar-refractivity contribution in [1.82, 2.24) is 10.9 Å². The molecule has 3 N–H and O–H groups in total. The van der Waals surface area contributed by atoms with Gasteiger partial charge in [0.15, 0.2) is 0 Å². The first kappa shape index (κ1) is 4.98. The van der Waals surface area contributed by atoms with E-state index < -0.39 is 15.6 Å². The highest BCUT2D eigenvalue weighted by Gasteiger charge is 2.32. The monoisotopic (exact) mass is 124 g/mol. The molecule has 7 heavy (non-hydrogen) atoms. The molecule has 1 heterocycles. The Bertz CT molecular complexity index is 156. The fourth-order valence-electron chi connectivity index (χ4n) is 0.183. The second-order valence-corrected chi connectivity index (χ2v) is 2.69. The molecular formula is CH4N2O3S. The summed E-state index contributed by atoms with van der Waals surface area (Å²) in [6.07, 6.45) is 0. The minimum atomic E-state index is -3.85. The van der Waals surface area contributed by atoms with Crippen molar-refractivity contribution >= 4 is 10.1 Å². The van der Waals surface area contributed by atoms with Crippen molar-refractivity contribution in [3.8, 4) is 0 Å². The van der Waals surface area contributed by atoms with Gasteiger partial charge in [0.25, 0.3) is 10.1 Å². The first-order valence-electron chi connectivity index (χ1n) is 1.58. The molecule has 0 amide bonds. The topological polar surface area (TPSA) is 98.2 Å². The van der Waals surface area contributed by atoms with E-state index >= 15 is 0 Å². The molecule has 5 nitrogen and oxygen atoms in total. The third-order valence-electron chi connectivity index (χ3n) is 0.560. The van der Waals surface area contributed by atoms with Crippen LogP contribution in [0.15, 0.2) is 0 Å². The minimum absolute atomic E-state index is 0.924. The fraction of sp³-hybridized carbons (Fsp3) is 1.00. The molecule has 0 unspecified atom stereocenters. The van der Waals surface area contributed by atoms with Crippen molar-refractivity contribution in [3.63, 3.8) is 0 Å². The van der Waals surface area contributed by atoms with Crippen LogP contribution in [0.5, 0.6) is 0 Å². The van der Waals surface area contributed by atoms with E-state index in [0.717, 1.165) is 0 Å². The van der Waals surface area contributed by atoms with Gasteiger partial charge in [0.2, 0.25) is 5.50 Å². The second kappa shape index (κ2) is 1.16. The van der Waals surface area contributed by atoms with Gasteiger partial charge in [-0.15, -0.1) is 0 Å². The van der Waals surface area contributed by atoms with E-state index in [1.54, 1.807) is 0 Å². The van der Waals surface area contributed by atoms with Crippen LogP contribution < -0.4 is 10.9 Å². The Balaban J connectivity index is 2.71. The molecule has 6 heteroatoms. The van der Waals surface area contributed by atoms with Crippen LogP contribution in [-0.2, 0) is 10.1 Å². The van der Waals surface area contributed by atoms with Gasteiger partial charge in [0, 0.05) is 0 Å². The largest absolute Gasteiger partial charge is 0.297 e. The standard InChI is InChI=1S/CH4N2O3S/c4-7(5,6)1-2-3-1/h1-3H,(H,4,5,6). The summed E-state index contributed by atoms with van der Waals surface area (Å²) < 4.78 is 27.7. The van der Waals surface area contributed by atoms with Gasteiger partial charge in [-0.3, -0.25) is 4.55 Å². The Morgan fingerprint density at radius 2 is 1.86 bits per heavy atom. The zero-order valence-electron chi connectivity index (χ0n) is 3.25. The van der Waals surface area contributed by atoms with E-state index in [-0.39, 0.29) is 0 Å². The summed E-state index contributed by atoms with van der Waals surface area (Å²) in [4.78, 5) is 0. The van der Waals surface area contributed by atoms with Gasteiger partial charge in [0.05, 0.1) is 0 Å². The molecule has 1 aliphatic heterocycles. The van der Waals surface area contributed by atoms with Crippen LogP contribution in [0.4, 0.5) is 0 Å². The van der Waals surface area contributed by atoms with Crippen molar-refractivity contribution in [2.45, 2.75) is 5.50 Å². The molecule has 0 spiro atoms. The third kappa shape index (κ3) is 1.10. The summed E-state index contributed by atoms with van der Waals surface area (Å²) in [6, 6.07) is 0. The maximum atomic E-state index is 9.82. The molecule has 0 atom stereocenters. The van der Waals surface area contributed by atoms with E-state index in [9.17, 15) is 8.42 Å². The molecule has 1 saturated heterocycles. The normalized spacial score (nSPS) is 22.4. The lowest BCUT2D eigenvalue weighted by molar-refractivity contribution is 0.480. The lowest BCUT2D eigenvalue weighted by atomic mass is 11.4.